The highest BCUT2D eigenvalue weighted by atomic mass is 32.2. The average Bonchev–Trinajstić information content (AvgIpc) is 3.07. The van der Waals surface area contributed by atoms with Gasteiger partial charge in [0.25, 0.3) is 5.91 Å². The van der Waals surface area contributed by atoms with Crippen molar-refractivity contribution in [1.29, 1.82) is 0 Å². The lowest BCUT2D eigenvalue weighted by Gasteiger charge is -2.22. The summed E-state index contributed by atoms with van der Waals surface area (Å²) in [6.07, 6.45) is 1.82. The second-order valence-electron chi connectivity index (χ2n) is 6.40. The molecule has 1 aromatic rings. The highest BCUT2D eigenvalue weighted by Gasteiger charge is 2.48. The Hall–Kier alpha value is -2.00. The quantitative estimate of drug-likeness (QED) is 0.658. The Morgan fingerprint density at radius 3 is 2.74 bits per heavy atom. The Kier molecular flexibility index (Phi) is 5.81. The Labute approximate surface area is 163 Å². The largest absolute Gasteiger partial charge is 0.493 e. The summed E-state index contributed by atoms with van der Waals surface area (Å²) in [6.45, 7) is 4.19. The fourth-order valence-electron chi connectivity index (χ4n) is 3.30. The lowest BCUT2D eigenvalue weighted by atomic mass is 10.1. The van der Waals surface area contributed by atoms with Crippen molar-refractivity contribution in [3.05, 3.63) is 36.4 Å². The van der Waals surface area contributed by atoms with E-state index in [4.69, 9.17) is 9.47 Å². The topological polar surface area (TPSA) is 85.3 Å². The van der Waals surface area contributed by atoms with Crippen LogP contribution in [-0.2, 0) is 21.1 Å². The number of thioether (sulfide) groups is 1. The summed E-state index contributed by atoms with van der Waals surface area (Å²) in [7, 11) is 0.0593. The van der Waals surface area contributed by atoms with Gasteiger partial charge in [-0.1, -0.05) is 23.9 Å². The summed E-state index contributed by atoms with van der Waals surface area (Å²) in [6, 6.07) is 5.15. The maximum absolute atomic E-state index is 12.5. The molecule has 2 atom stereocenters. The highest BCUT2D eigenvalue weighted by molar-refractivity contribution is 8.15. The van der Waals surface area contributed by atoms with Crippen LogP contribution >= 0.6 is 11.8 Å². The molecular formula is C18H22N2O5S2. The van der Waals surface area contributed by atoms with E-state index >= 15 is 0 Å². The molecule has 0 N–H and O–H groups in total. The van der Waals surface area contributed by atoms with Gasteiger partial charge in [-0.3, -0.25) is 4.79 Å². The molecule has 2 fully saturated rings. The number of hydrogen-bond donors (Lipinski definition) is 0. The summed E-state index contributed by atoms with van der Waals surface area (Å²) in [5.41, 5.74) is 0.767. The number of fused-ring (bicyclic) bond motifs is 1. The third kappa shape index (κ3) is 4.30. The molecule has 2 aliphatic rings. The minimum Gasteiger partial charge on any atom is -0.493 e. The smallest absolute Gasteiger partial charge is 0.252 e. The molecule has 2 heterocycles. The SMILES string of the molecule is C=CCN1C(=NC(=O)Cc2ccc(OC)c(OC)c2)SC2CS(=O)(=O)CC21. The van der Waals surface area contributed by atoms with Gasteiger partial charge in [-0.2, -0.15) is 4.99 Å². The lowest BCUT2D eigenvalue weighted by Crippen LogP contribution is -2.37. The van der Waals surface area contributed by atoms with E-state index in [1.165, 1.54) is 11.8 Å². The number of amides is 1. The zero-order valence-electron chi connectivity index (χ0n) is 15.3. The molecular weight excluding hydrogens is 388 g/mol. The minimum atomic E-state index is -3.03. The van der Waals surface area contributed by atoms with Crippen molar-refractivity contribution in [3.63, 3.8) is 0 Å². The second-order valence-corrected chi connectivity index (χ2v) is 9.76. The molecule has 9 heteroatoms. The Morgan fingerprint density at radius 2 is 2.07 bits per heavy atom. The molecule has 27 heavy (non-hydrogen) atoms. The fraction of sp³-hybridized carbons (Fsp3) is 0.444. The molecule has 0 aliphatic carbocycles. The average molecular weight is 411 g/mol. The summed E-state index contributed by atoms with van der Waals surface area (Å²) < 4.78 is 34.2. The van der Waals surface area contributed by atoms with E-state index in [0.717, 1.165) is 5.56 Å². The number of amidine groups is 1. The van der Waals surface area contributed by atoms with E-state index in [9.17, 15) is 13.2 Å². The summed E-state index contributed by atoms with van der Waals surface area (Å²) in [4.78, 5) is 18.6. The molecule has 3 rings (SSSR count). The van der Waals surface area contributed by atoms with Crippen molar-refractivity contribution >= 4 is 32.7 Å². The third-order valence-electron chi connectivity index (χ3n) is 4.52. The van der Waals surface area contributed by atoms with E-state index in [2.05, 4.69) is 11.6 Å². The third-order valence-corrected chi connectivity index (χ3v) is 7.77. The first kappa shape index (κ1) is 19.8. The normalized spacial score (nSPS) is 24.7. The molecule has 2 aliphatic heterocycles. The van der Waals surface area contributed by atoms with Crippen LogP contribution in [0.3, 0.4) is 0 Å². The summed E-state index contributed by atoms with van der Waals surface area (Å²) in [5.74, 6) is 1.08. The molecule has 1 amide bonds. The van der Waals surface area contributed by atoms with Crippen LogP contribution in [0.25, 0.3) is 0 Å². The van der Waals surface area contributed by atoms with Crippen molar-refractivity contribution in [2.45, 2.75) is 17.7 Å². The molecule has 0 radical (unpaired) electrons. The number of ether oxygens (including phenoxy) is 2. The molecule has 0 aromatic heterocycles. The van der Waals surface area contributed by atoms with Crippen LogP contribution < -0.4 is 9.47 Å². The zero-order valence-corrected chi connectivity index (χ0v) is 16.9. The lowest BCUT2D eigenvalue weighted by molar-refractivity contribution is -0.117. The van der Waals surface area contributed by atoms with E-state index in [1.807, 2.05) is 4.90 Å². The number of carbonyl (C=O) groups is 1. The number of methoxy groups -OCH3 is 2. The van der Waals surface area contributed by atoms with Crippen LogP contribution in [0.2, 0.25) is 0 Å². The van der Waals surface area contributed by atoms with Gasteiger partial charge < -0.3 is 14.4 Å². The van der Waals surface area contributed by atoms with Crippen molar-refractivity contribution in [2.24, 2.45) is 4.99 Å². The van der Waals surface area contributed by atoms with Crippen LogP contribution in [0.5, 0.6) is 11.5 Å². The number of hydrogen-bond acceptors (Lipinski definition) is 6. The maximum Gasteiger partial charge on any atom is 0.252 e. The summed E-state index contributed by atoms with van der Waals surface area (Å²) >= 11 is 1.37. The van der Waals surface area contributed by atoms with Gasteiger partial charge in [0, 0.05) is 11.8 Å². The Bertz CT molecular complexity index is 882. The van der Waals surface area contributed by atoms with Gasteiger partial charge in [-0.25, -0.2) is 8.42 Å². The molecule has 2 saturated heterocycles. The van der Waals surface area contributed by atoms with E-state index < -0.39 is 9.84 Å². The highest BCUT2D eigenvalue weighted by Crippen LogP contribution is 2.38. The maximum atomic E-state index is 12.5. The van der Waals surface area contributed by atoms with Crippen molar-refractivity contribution < 1.29 is 22.7 Å². The fourth-order valence-corrected chi connectivity index (χ4v) is 7.28. The minimum absolute atomic E-state index is 0.0809. The monoisotopic (exact) mass is 410 g/mol. The molecule has 146 valence electrons. The van der Waals surface area contributed by atoms with Gasteiger partial charge >= 0.3 is 0 Å². The number of aliphatic imine (C=N–C) groups is 1. The van der Waals surface area contributed by atoms with Gasteiger partial charge in [0.15, 0.2) is 26.5 Å². The number of sulfone groups is 1. The summed E-state index contributed by atoms with van der Waals surface area (Å²) in [5, 5.41) is 0.493. The molecule has 0 saturated carbocycles. The van der Waals surface area contributed by atoms with Gasteiger partial charge in [0.05, 0.1) is 38.2 Å². The second kappa shape index (κ2) is 7.93. The number of nitrogens with zero attached hydrogens (tertiary/aromatic N) is 2. The standard InChI is InChI=1S/C18H22N2O5S2/c1-4-7-20-13-10-27(22,23)11-16(13)26-18(20)19-17(21)9-12-5-6-14(24-2)15(8-12)25-3/h4-6,8,13,16H,1,7,9-11H2,2-3H3. The molecule has 7 nitrogen and oxygen atoms in total. The number of carbonyl (C=O) groups excluding carboxylic acids is 1. The number of rotatable bonds is 6. The zero-order chi connectivity index (χ0) is 19.6. The molecule has 0 bridgehead atoms. The first-order valence-corrected chi connectivity index (χ1v) is 11.1. The van der Waals surface area contributed by atoms with E-state index in [1.54, 1.807) is 38.5 Å². The predicted molar refractivity (Wildman–Crippen MR) is 106 cm³/mol. The first-order chi connectivity index (χ1) is 12.9. The van der Waals surface area contributed by atoms with Crippen LogP contribution in [0.1, 0.15) is 5.56 Å². The van der Waals surface area contributed by atoms with Gasteiger partial charge in [0.2, 0.25) is 0 Å². The Morgan fingerprint density at radius 1 is 1.33 bits per heavy atom. The van der Waals surface area contributed by atoms with Gasteiger partial charge in [-0.05, 0) is 17.7 Å². The molecule has 0 spiro atoms. The Balaban J connectivity index is 1.76. The van der Waals surface area contributed by atoms with Crippen LogP contribution in [0.4, 0.5) is 0 Å². The molecule has 2 unspecified atom stereocenters. The predicted octanol–water partition coefficient (Wildman–Crippen LogP) is 1.53. The van der Waals surface area contributed by atoms with Crippen molar-refractivity contribution in [3.8, 4) is 11.5 Å². The van der Waals surface area contributed by atoms with E-state index in [0.29, 0.717) is 23.2 Å². The number of benzene rings is 1. The van der Waals surface area contributed by atoms with E-state index in [-0.39, 0.29) is 35.1 Å². The van der Waals surface area contributed by atoms with Gasteiger partial charge in [-0.15, -0.1) is 6.58 Å². The van der Waals surface area contributed by atoms with Crippen LogP contribution in [0, 0.1) is 0 Å². The van der Waals surface area contributed by atoms with Crippen LogP contribution in [0.15, 0.2) is 35.8 Å². The van der Waals surface area contributed by atoms with Crippen molar-refractivity contribution in [2.75, 3.05) is 32.3 Å². The van der Waals surface area contributed by atoms with Crippen LogP contribution in [-0.4, -0.2) is 68.0 Å². The van der Waals surface area contributed by atoms with Gasteiger partial charge in [0.1, 0.15) is 0 Å². The first-order valence-electron chi connectivity index (χ1n) is 8.44. The van der Waals surface area contributed by atoms with Crippen molar-refractivity contribution in [1.82, 2.24) is 4.90 Å². The molecule has 1 aromatic carbocycles.